The molecule has 4 aromatic rings. The van der Waals surface area contributed by atoms with Gasteiger partial charge in [0, 0.05) is 24.0 Å². The summed E-state index contributed by atoms with van der Waals surface area (Å²) in [5, 5.41) is 16.1. The van der Waals surface area contributed by atoms with Crippen molar-refractivity contribution in [3.05, 3.63) is 73.1 Å². The molecule has 1 unspecified atom stereocenters. The van der Waals surface area contributed by atoms with Crippen molar-refractivity contribution in [2.45, 2.75) is 6.42 Å². The van der Waals surface area contributed by atoms with Crippen LogP contribution in [0.25, 0.3) is 16.5 Å². The summed E-state index contributed by atoms with van der Waals surface area (Å²) in [4.78, 5) is 27.3. The molecule has 0 spiro atoms. The van der Waals surface area contributed by atoms with E-state index in [1.54, 1.807) is 17.0 Å². The van der Waals surface area contributed by atoms with Crippen LogP contribution in [0.3, 0.4) is 0 Å². The summed E-state index contributed by atoms with van der Waals surface area (Å²) in [7, 11) is 0. The minimum Gasteiger partial charge on any atom is -0.326 e. The molecule has 1 aliphatic rings. The fourth-order valence-electron chi connectivity index (χ4n) is 3.81. The number of amides is 2. The highest BCUT2D eigenvalue weighted by molar-refractivity contribution is 6.08. The van der Waals surface area contributed by atoms with E-state index in [4.69, 9.17) is 0 Å². The molecule has 1 atom stereocenters. The molecule has 3 aromatic carbocycles. The molecule has 1 N–H and O–H groups in total. The summed E-state index contributed by atoms with van der Waals surface area (Å²) in [5.41, 5.74) is 2.20. The highest BCUT2D eigenvalue weighted by atomic mass is 16.2. The molecule has 2 amide bonds. The zero-order valence-corrected chi connectivity index (χ0v) is 16.0. The van der Waals surface area contributed by atoms with Crippen LogP contribution >= 0.6 is 0 Å². The Morgan fingerprint density at radius 2 is 1.87 bits per heavy atom. The van der Waals surface area contributed by atoms with Crippen LogP contribution in [-0.2, 0) is 9.59 Å². The van der Waals surface area contributed by atoms with E-state index in [2.05, 4.69) is 20.8 Å². The van der Waals surface area contributed by atoms with Crippen LogP contribution in [0.5, 0.6) is 0 Å². The number of carbonyl (C=O) groups is 2. The van der Waals surface area contributed by atoms with E-state index in [-0.39, 0.29) is 18.2 Å². The van der Waals surface area contributed by atoms with E-state index in [1.807, 2.05) is 54.6 Å². The quantitative estimate of drug-likeness (QED) is 0.571. The van der Waals surface area contributed by atoms with Gasteiger partial charge in [-0.05, 0) is 40.1 Å². The Morgan fingerprint density at radius 3 is 2.73 bits per heavy atom. The van der Waals surface area contributed by atoms with Crippen molar-refractivity contribution in [3.8, 4) is 5.69 Å². The van der Waals surface area contributed by atoms with Crippen molar-refractivity contribution in [1.82, 2.24) is 20.2 Å². The van der Waals surface area contributed by atoms with Crippen molar-refractivity contribution >= 4 is 34.0 Å². The first-order valence-corrected chi connectivity index (χ1v) is 9.61. The van der Waals surface area contributed by atoms with Crippen molar-refractivity contribution in [3.63, 3.8) is 0 Å². The van der Waals surface area contributed by atoms with Crippen LogP contribution in [0.2, 0.25) is 0 Å². The van der Waals surface area contributed by atoms with Gasteiger partial charge in [-0.25, -0.2) is 4.68 Å². The minimum absolute atomic E-state index is 0.0473. The third-order valence-corrected chi connectivity index (χ3v) is 5.28. The van der Waals surface area contributed by atoms with Gasteiger partial charge >= 0.3 is 0 Å². The normalized spacial score (nSPS) is 16.2. The molecule has 1 fully saturated rings. The van der Waals surface area contributed by atoms with E-state index in [1.165, 1.54) is 11.0 Å². The van der Waals surface area contributed by atoms with Crippen molar-refractivity contribution in [2.24, 2.45) is 5.92 Å². The zero-order valence-electron chi connectivity index (χ0n) is 16.0. The first-order chi connectivity index (χ1) is 14.7. The number of hydrogen-bond donors (Lipinski definition) is 1. The molecule has 0 radical (unpaired) electrons. The van der Waals surface area contributed by atoms with Gasteiger partial charge in [0.15, 0.2) is 0 Å². The van der Waals surface area contributed by atoms with Crippen LogP contribution < -0.4 is 10.2 Å². The SMILES string of the molecule is O=C(Nc1cccc(-n2cnnn2)c1)C1CC(=O)N(c2cccc3ccccc23)C1. The van der Waals surface area contributed by atoms with Gasteiger partial charge in [0.25, 0.3) is 0 Å². The molecule has 1 aliphatic heterocycles. The average molecular weight is 398 g/mol. The zero-order chi connectivity index (χ0) is 20.5. The van der Waals surface area contributed by atoms with Gasteiger partial charge in [0.1, 0.15) is 6.33 Å². The maximum Gasteiger partial charge on any atom is 0.229 e. The van der Waals surface area contributed by atoms with E-state index in [0.717, 1.165) is 22.1 Å². The number of hydrogen-bond acceptors (Lipinski definition) is 5. The fraction of sp³-hybridized carbons (Fsp3) is 0.136. The molecule has 8 heteroatoms. The lowest BCUT2D eigenvalue weighted by molar-refractivity contribution is -0.122. The van der Waals surface area contributed by atoms with Gasteiger partial charge in [-0.2, -0.15) is 0 Å². The van der Waals surface area contributed by atoms with Crippen LogP contribution in [0, 0.1) is 5.92 Å². The van der Waals surface area contributed by atoms with Crippen molar-refractivity contribution in [1.29, 1.82) is 0 Å². The number of anilines is 2. The highest BCUT2D eigenvalue weighted by Gasteiger charge is 2.35. The second-order valence-electron chi connectivity index (χ2n) is 7.20. The molecule has 5 rings (SSSR count). The molecule has 1 saturated heterocycles. The predicted molar refractivity (Wildman–Crippen MR) is 112 cm³/mol. The maximum atomic E-state index is 12.9. The highest BCUT2D eigenvalue weighted by Crippen LogP contribution is 2.32. The minimum atomic E-state index is -0.423. The van der Waals surface area contributed by atoms with E-state index in [0.29, 0.717) is 12.2 Å². The third-order valence-electron chi connectivity index (χ3n) is 5.28. The average Bonchev–Trinajstić information content (AvgIpc) is 3.44. The Morgan fingerprint density at radius 1 is 1.03 bits per heavy atom. The molecular formula is C22H18N6O2. The van der Waals surface area contributed by atoms with Gasteiger partial charge in [0.2, 0.25) is 11.8 Å². The predicted octanol–water partition coefficient (Wildman–Crippen LogP) is 2.81. The Bertz CT molecular complexity index is 1230. The molecule has 1 aromatic heterocycles. The van der Waals surface area contributed by atoms with Gasteiger partial charge in [-0.3, -0.25) is 9.59 Å². The Kier molecular flexibility index (Phi) is 4.44. The molecule has 148 valence electrons. The number of nitrogens with one attached hydrogen (secondary N) is 1. The molecule has 30 heavy (non-hydrogen) atoms. The van der Waals surface area contributed by atoms with Gasteiger partial charge in [-0.1, -0.05) is 42.5 Å². The van der Waals surface area contributed by atoms with E-state index >= 15 is 0 Å². The van der Waals surface area contributed by atoms with E-state index < -0.39 is 5.92 Å². The lowest BCUT2D eigenvalue weighted by atomic mass is 10.1. The number of carbonyl (C=O) groups excluding carboxylic acids is 2. The number of tetrazole rings is 1. The van der Waals surface area contributed by atoms with E-state index in [9.17, 15) is 9.59 Å². The Hall–Kier alpha value is -4.07. The number of rotatable bonds is 4. The summed E-state index contributed by atoms with van der Waals surface area (Å²) < 4.78 is 1.51. The molecule has 2 heterocycles. The molecule has 0 saturated carbocycles. The monoisotopic (exact) mass is 398 g/mol. The Labute approximate surface area is 172 Å². The van der Waals surface area contributed by atoms with Gasteiger partial charge in [0.05, 0.1) is 17.3 Å². The lowest BCUT2D eigenvalue weighted by Gasteiger charge is -2.19. The largest absolute Gasteiger partial charge is 0.326 e. The number of benzene rings is 3. The summed E-state index contributed by atoms with van der Waals surface area (Å²) >= 11 is 0. The van der Waals surface area contributed by atoms with Crippen molar-refractivity contribution < 1.29 is 9.59 Å². The van der Waals surface area contributed by atoms with Gasteiger partial charge in [-0.15, -0.1) is 5.10 Å². The van der Waals surface area contributed by atoms with Crippen LogP contribution in [-0.4, -0.2) is 38.6 Å². The van der Waals surface area contributed by atoms with Gasteiger partial charge < -0.3 is 10.2 Å². The molecular weight excluding hydrogens is 380 g/mol. The topological polar surface area (TPSA) is 93.0 Å². The first kappa shape index (κ1) is 18.0. The van der Waals surface area contributed by atoms with Crippen LogP contribution in [0.1, 0.15) is 6.42 Å². The second kappa shape index (κ2) is 7.40. The summed E-state index contributed by atoms with van der Waals surface area (Å²) in [5.74, 6) is -0.651. The third kappa shape index (κ3) is 3.28. The second-order valence-corrected chi connectivity index (χ2v) is 7.20. The summed E-state index contributed by atoms with van der Waals surface area (Å²) in [6.07, 6.45) is 1.67. The standard InChI is InChI=1S/C22H18N6O2/c29-21-11-16(13-27(21)20-10-3-6-15-5-1-2-9-19(15)20)22(30)24-17-7-4-8-18(12-17)28-14-23-25-26-28/h1-10,12,14,16H,11,13H2,(H,24,30). The summed E-state index contributed by atoms with van der Waals surface area (Å²) in [6, 6.07) is 21.0. The number of nitrogens with zero attached hydrogens (tertiary/aromatic N) is 5. The van der Waals surface area contributed by atoms with Crippen LogP contribution in [0.4, 0.5) is 11.4 Å². The molecule has 8 nitrogen and oxygen atoms in total. The molecule has 0 bridgehead atoms. The summed E-state index contributed by atoms with van der Waals surface area (Å²) in [6.45, 7) is 0.353. The van der Waals surface area contributed by atoms with Crippen LogP contribution in [0.15, 0.2) is 73.1 Å². The Balaban J connectivity index is 1.34. The number of fused-ring (bicyclic) bond motifs is 1. The fourth-order valence-corrected chi connectivity index (χ4v) is 3.81. The molecule has 0 aliphatic carbocycles. The first-order valence-electron chi connectivity index (χ1n) is 9.61. The smallest absolute Gasteiger partial charge is 0.229 e. The maximum absolute atomic E-state index is 12.9. The van der Waals surface area contributed by atoms with Crippen molar-refractivity contribution in [2.75, 3.05) is 16.8 Å². The lowest BCUT2D eigenvalue weighted by Crippen LogP contribution is -2.28. The number of aromatic nitrogens is 4.